The fraction of sp³-hybridized carbons (Fsp3) is 0.263. The Balaban J connectivity index is 1.82. The Bertz CT molecular complexity index is 1020. The highest BCUT2D eigenvalue weighted by Crippen LogP contribution is 2.33. The molecule has 0 saturated carbocycles. The van der Waals surface area contributed by atoms with Gasteiger partial charge in [0.05, 0.1) is 5.39 Å². The molecule has 0 bridgehead atoms. The summed E-state index contributed by atoms with van der Waals surface area (Å²) in [5.41, 5.74) is 2.28. The number of thiophene rings is 1. The van der Waals surface area contributed by atoms with Crippen molar-refractivity contribution >= 4 is 45.3 Å². The second-order valence-corrected chi connectivity index (χ2v) is 7.63. The number of benzene rings is 1. The van der Waals surface area contributed by atoms with Gasteiger partial charge in [0.2, 0.25) is 0 Å². The second kappa shape index (κ2) is 6.19. The molecule has 0 unspecified atom stereocenters. The highest BCUT2D eigenvalue weighted by Gasteiger charge is 2.20. The van der Waals surface area contributed by atoms with E-state index in [2.05, 4.69) is 0 Å². The van der Waals surface area contributed by atoms with Crippen LogP contribution in [-0.4, -0.2) is 9.55 Å². The molecule has 3 nitrogen and oxygen atoms in total. The van der Waals surface area contributed by atoms with Crippen molar-refractivity contribution in [1.29, 1.82) is 0 Å². The van der Waals surface area contributed by atoms with Gasteiger partial charge in [0.1, 0.15) is 10.7 Å². The smallest absolute Gasteiger partial charge is 0.262 e. The van der Waals surface area contributed by atoms with Gasteiger partial charge in [0, 0.05) is 16.9 Å². The summed E-state index contributed by atoms with van der Waals surface area (Å²) < 4.78 is 1.64. The van der Waals surface area contributed by atoms with Gasteiger partial charge in [0.15, 0.2) is 0 Å². The highest BCUT2D eigenvalue weighted by molar-refractivity contribution is 7.18. The number of aryl methyl sites for hydroxylation is 2. The Labute approximate surface area is 149 Å². The van der Waals surface area contributed by atoms with Crippen molar-refractivity contribution < 1.29 is 0 Å². The van der Waals surface area contributed by atoms with Gasteiger partial charge in [-0.05, 0) is 55.0 Å². The third kappa shape index (κ3) is 2.70. The zero-order valence-corrected chi connectivity index (χ0v) is 15.0. The van der Waals surface area contributed by atoms with Gasteiger partial charge < -0.3 is 0 Å². The summed E-state index contributed by atoms with van der Waals surface area (Å²) in [4.78, 5) is 19.8. The number of nitrogens with zero attached hydrogens (tertiary/aromatic N) is 2. The Hall–Kier alpha value is -1.91. The summed E-state index contributed by atoms with van der Waals surface area (Å²) in [5, 5.41) is 1.53. The van der Waals surface area contributed by atoms with E-state index in [1.165, 1.54) is 23.3 Å². The molecule has 0 aliphatic heterocycles. The summed E-state index contributed by atoms with van der Waals surface area (Å²) in [6.45, 7) is 0. The van der Waals surface area contributed by atoms with Crippen LogP contribution in [0.1, 0.15) is 34.7 Å². The predicted molar refractivity (Wildman–Crippen MR) is 102 cm³/mol. The van der Waals surface area contributed by atoms with E-state index in [1.54, 1.807) is 23.0 Å². The quantitative estimate of drug-likeness (QED) is 0.667. The topological polar surface area (TPSA) is 34.9 Å². The molecular weight excluding hydrogens is 340 g/mol. The first-order valence-corrected chi connectivity index (χ1v) is 9.28. The van der Waals surface area contributed by atoms with E-state index in [-0.39, 0.29) is 5.56 Å². The Morgan fingerprint density at radius 1 is 1.25 bits per heavy atom. The van der Waals surface area contributed by atoms with Gasteiger partial charge in [-0.3, -0.25) is 9.36 Å². The van der Waals surface area contributed by atoms with E-state index in [0.717, 1.165) is 28.6 Å². The second-order valence-electron chi connectivity index (χ2n) is 6.11. The summed E-state index contributed by atoms with van der Waals surface area (Å²) >= 11 is 7.70. The van der Waals surface area contributed by atoms with Gasteiger partial charge in [-0.1, -0.05) is 29.8 Å². The largest absolute Gasteiger partial charge is 0.296 e. The molecule has 0 spiro atoms. The van der Waals surface area contributed by atoms with Crippen molar-refractivity contribution in [2.75, 3.05) is 0 Å². The Morgan fingerprint density at radius 2 is 2.08 bits per heavy atom. The lowest BCUT2D eigenvalue weighted by Crippen LogP contribution is -2.21. The zero-order valence-electron chi connectivity index (χ0n) is 13.4. The Morgan fingerprint density at radius 3 is 2.92 bits per heavy atom. The summed E-state index contributed by atoms with van der Waals surface area (Å²) in [5.74, 6) is 0.672. The highest BCUT2D eigenvalue weighted by atomic mass is 35.5. The molecule has 2 aromatic heterocycles. The van der Waals surface area contributed by atoms with Gasteiger partial charge in [-0.2, -0.15) is 0 Å². The van der Waals surface area contributed by atoms with E-state index < -0.39 is 0 Å². The molecule has 1 aliphatic rings. The molecule has 4 rings (SSSR count). The predicted octanol–water partition coefficient (Wildman–Crippen LogP) is 4.70. The first kappa shape index (κ1) is 15.6. The van der Waals surface area contributed by atoms with Crippen molar-refractivity contribution in [3.05, 3.63) is 61.5 Å². The number of aromatic nitrogens is 2. The fourth-order valence-corrected chi connectivity index (χ4v) is 4.69. The third-order valence-electron chi connectivity index (χ3n) is 4.50. The molecule has 5 heteroatoms. The van der Waals surface area contributed by atoms with Crippen LogP contribution in [0.25, 0.3) is 22.4 Å². The van der Waals surface area contributed by atoms with Gasteiger partial charge in [-0.25, -0.2) is 4.98 Å². The molecule has 2 heterocycles. The van der Waals surface area contributed by atoms with E-state index >= 15 is 0 Å². The van der Waals surface area contributed by atoms with Gasteiger partial charge in [-0.15, -0.1) is 11.3 Å². The third-order valence-corrected chi connectivity index (χ3v) is 5.93. The van der Waals surface area contributed by atoms with Crippen LogP contribution < -0.4 is 5.56 Å². The molecule has 1 aliphatic carbocycles. The van der Waals surface area contributed by atoms with Crippen LogP contribution in [0.3, 0.4) is 0 Å². The monoisotopic (exact) mass is 356 g/mol. The molecule has 24 heavy (non-hydrogen) atoms. The fourth-order valence-electron chi connectivity index (χ4n) is 3.23. The van der Waals surface area contributed by atoms with E-state index in [1.807, 2.05) is 36.4 Å². The molecule has 0 saturated heterocycles. The average Bonchev–Trinajstić information content (AvgIpc) is 2.95. The lowest BCUT2D eigenvalue weighted by Gasteiger charge is -2.10. The minimum Gasteiger partial charge on any atom is -0.296 e. The average molecular weight is 357 g/mol. The number of rotatable bonds is 2. The maximum atomic E-state index is 12.8. The number of halogens is 1. The minimum atomic E-state index is 0.0603. The van der Waals surface area contributed by atoms with Gasteiger partial charge in [0.25, 0.3) is 5.56 Å². The molecule has 0 amide bonds. The molecule has 3 aromatic rings. The zero-order chi connectivity index (χ0) is 16.7. The molecule has 1 aromatic carbocycles. The van der Waals surface area contributed by atoms with Crippen LogP contribution in [0, 0.1) is 0 Å². The molecule has 0 radical (unpaired) electrons. The maximum Gasteiger partial charge on any atom is 0.262 e. The number of fused-ring (bicyclic) bond motifs is 3. The van der Waals surface area contributed by atoms with Crippen molar-refractivity contribution in [1.82, 2.24) is 9.55 Å². The molecule has 0 fully saturated rings. The Kier molecular flexibility index (Phi) is 4.02. The summed E-state index contributed by atoms with van der Waals surface area (Å²) in [6, 6.07) is 7.61. The summed E-state index contributed by atoms with van der Waals surface area (Å²) in [6.07, 6.45) is 8.27. The summed E-state index contributed by atoms with van der Waals surface area (Å²) in [7, 11) is 1.79. The van der Waals surface area contributed by atoms with E-state index in [4.69, 9.17) is 16.6 Å². The lowest BCUT2D eigenvalue weighted by molar-refractivity contribution is 0.699. The lowest BCUT2D eigenvalue weighted by atomic mass is 9.97. The van der Waals surface area contributed by atoms with Crippen LogP contribution in [0.5, 0.6) is 0 Å². The van der Waals surface area contributed by atoms with Crippen molar-refractivity contribution in [3.8, 4) is 0 Å². The number of hydrogen-bond acceptors (Lipinski definition) is 3. The minimum absolute atomic E-state index is 0.0603. The molecular formula is C19H17ClN2OS. The maximum absolute atomic E-state index is 12.8. The normalized spacial score (nSPS) is 14.4. The van der Waals surface area contributed by atoms with Crippen molar-refractivity contribution in [3.63, 3.8) is 0 Å². The molecule has 122 valence electrons. The van der Waals surface area contributed by atoms with Crippen molar-refractivity contribution in [2.45, 2.75) is 25.7 Å². The van der Waals surface area contributed by atoms with Crippen LogP contribution in [0.2, 0.25) is 5.02 Å². The van der Waals surface area contributed by atoms with Crippen LogP contribution in [0.15, 0.2) is 29.1 Å². The molecule has 0 N–H and O–H groups in total. The molecule has 0 atom stereocenters. The SMILES string of the molecule is Cn1c(/C=C/c2cccc(Cl)c2)nc2sc3c(c2c1=O)CCCC3. The first-order valence-electron chi connectivity index (χ1n) is 8.08. The van der Waals surface area contributed by atoms with E-state index in [0.29, 0.717) is 10.8 Å². The van der Waals surface area contributed by atoms with Crippen molar-refractivity contribution in [2.24, 2.45) is 7.05 Å². The van der Waals surface area contributed by atoms with Crippen LogP contribution in [0.4, 0.5) is 0 Å². The van der Waals surface area contributed by atoms with Gasteiger partial charge >= 0.3 is 0 Å². The number of hydrogen-bond donors (Lipinski definition) is 0. The first-order chi connectivity index (χ1) is 11.6. The van der Waals surface area contributed by atoms with Crippen LogP contribution >= 0.6 is 22.9 Å². The van der Waals surface area contributed by atoms with E-state index in [9.17, 15) is 4.79 Å². The van der Waals surface area contributed by atoms with Crippen LogP contribution in [-0.2, 0) is 19.9 Å². The standard InChI is InChI=1S/C19H17ClN2OS/c1-22-16(10-9-12-5-4-6-13(20)11-12)21-18-17(19(22)23)14-7-2-3-8-15(14)24-18/h4-6,9-11H,2-3,7-8H2,1H3/b10-9+.